The van der Waals surface area contributed by atoms with E-state index in [1.807, 2.05) is 30.0 Å². The number of guanidine groups is 1. The standard InChI is InChI=1S/C21H33N5O3/c1-2-23-21(24-11-7-13-26-12-5-3-4-10-20(26)28)25-15-17-8-6-9-18(14-17)29-16-19(22)27/h6,8-9,14H,2-5,7,10-13,15-16H2,1H3,(H2,22,27)(H2,23,24,25). The van der Waals surface area contributed by atoms with Gasteiger partial charge in [-0.25, -0.2) is 4.99 Å². The summed E-state index contributed by atoms with van der Waals surface area (Å²) in [6, 6.07) is 7.44. The number of rotatable bonds is 10. The summed E-state index contributed by atoms with van der Waals surface area (Å²) < 4.78 is 5.33. The lowest BCUT2D eigenvalue weighted by Gasteiger charge is -2.20. The molecule has 29 heavy (non-hydrogen) atoms. The van der Waals surface area contributed by atoms with Crippen LogP contribution in [-0.2, 0) is 16.1 Å². The fourth-order valence-corrected chi connectivity index (χ4v) is 3.15. The SMILES string of the molecule is CCNC(=NCc1cccc(OCC(N)=O)c1)NCCCN1CCCCCC1=O. The van der Waals surface area contributed by atoms with Crippen LogP contribution in [0.3, 0.4) is 0 Å². The number of benzene rings is 1. The lowest BCUT2D eigenvalue weighted by atomic mass is 10.2. The number of carbonyl (C=O) groups excluding carboxylic acids is 2. The Kier molecular flexibility index (Phi) is 9.82. The van der Waals surface area contributed by atoms with Gasteiger partial charge in [0.25, 0.3) is 5.91 Å². The molecule has 0 bridgehead atoms. The molecule has 2 rings (SSSR count). The molecule has 0 unspecified atom stereocenters. The Morgan fingerprint density at radius 3 is 2.93 bits per heavy atom. The van der Waals surface area contributed by atoms with Crippen LogP contribution in [-0.4, -0.2) is 55.5 Å². The van der Waals surface area contributed by atoms with Crippen molar-refractivity contribution in [3.63, 3.8) is 0 Å². The van der Waals surface area contributed by atoms with Gasteiger partial charge in [0.05, 0.1) is 6.54 Å². The maximum absolute atomic E-state index is 12.0. The van der Waals surface area contributed by atoms with Gasteiger partial charge in [0.15, 0.2) is 12.6 Å². The molecule has 1 heterocycles. The fraction of sp³-hybridized carbons (Fsp3) is 0.571. The molecular formula is C21H33N5O3. The summed E-state index contributed by atoms with van der Waals surface area (Å²) in [6.45, 7) is 5.52. The van der Waals surface area contributed by atoms with E-state index in [4.69, 9.17) is 10.5 Å². The highest BCUT2D eigenvalue weighted by Crippen LogP contribution is 2.14. The number of primary amides is 1. The number of nitrogens with two attached hydrogens (primary N) is 1. The molecule has 8 nitrogen and oxygen atoms in total. The van der Waals surface area contributed by atoms with Gasteiger partial charge in [-0.1, -0.05) is 18.6 Å². The minimum atomic E-state index is -0.506. The third kappa shape index (κ3) is 8.85. The number of carbonyl (C=O) groups is 2. The molecule has 1 aromatic rings. The number of hydrogen-bond acceptors (Lipinski definition) is 4. The number of amides is 2. The molecule has 1 aliphatic rings. The van der Waals surface area contributed by atoms with Crippen molar-refractivity contribution >= 4 is 17.8 Å². The first-order valence-electron chi connectivity index (χ1n) is 10.4. The first kappa shape index (κ1) is 22.5. The van der Waals surface area contributed by atoms with Crippen LogP contribution in [0.5, 0.6) is 5.75 Å². The van der Waals surface area contributed by atoms with Crippen molar-refractivity contribution in [1.82, 2.24) is 15.5 Å². The second-order valence-electron chi connectivity index (χ2n) is 7.07. The molecule has 1 aliphatic heterocycles. The number of aliphatic imine (C=N–C) groups is 1. The average molecular weight is 404 g/mol. The molecule has 2 amide bonds. The average Bonchev–Trinajstić information content (AvgIpc) is 2.92. The van der Waals surface area contributed by atoms with E-state index in [0.717, 1.165) is 63.4 Å². The normalized spacial score (nSPS) is 15.0. The summed E-state index contributed by atoms with van der Waals surface area (Å²) in [5.41, 5.74) is 6.08. The highest BCUT2D eigenvalue weighted by molar-refractivity contribution is 5.79. The number of hydrogen-bond donors (Lipinski definition) is 3. The highest BCUT2D eigenvalue weighted by atomic mass is 16.5. The second-order valence-corrected chi connectivity index (χ2v) is 7.07. The van der Waals surface area contributed by atoms with E-state index < -0.39 is 5.91 Å². The zero-order chi connectivity index (χ0) is 20.9. The van der Waals surface area contributed by atoms with Crippen molar-refractivity contribution in [3.8, 4) is 5.75 Å². The number of nitrogens with zero attached hydrogens (tertiary/aromatic N) is 2. The Bertz CT molecular complexity index is 693. The van der Waals surface area contributed by atoms with E-state index in [2.05, 4.69) is 15.6 Å². The molecule has 1 saturated heterocycles. The summed E-state index contributed by atoms with van der Waals surface area (Å²) in [4.78, 5) is 29.5. The smallest absolute Gasteiger partial charge is 0.255 e. The van der Waals surface area contributed by atoms with Gasteiger partial charge < -0.3 is 26.0 Å². The molecule has 4 N–H and O–H groups in total. The predicted octanol–water partition coefficient (Wildman–Crippen LogP) is 1.40. The van der Waals surface area contributed by atoms with E-state index in [1.54, 1.807) is 6.07 Å². The molecule has 0 spiro atoms. The van der Waals surface area contributed by atoms with Gasteiger partial charge in [0, 0.05) is 32.6 Å². The van der Waals surface area contributed by atoms with Crippen molar-refractivity contribution in [2.75, 3.05) is 32.8 Å². The van der Waals surface area contributed by atoms with Gasteiger partial charge >= 0.3 is 0 Å². The number of likely N-dealkylation sites (tertiary alicyclic amines) is 1. The lowest BCUT2D eigenvalue weighted by Crippen LogP contribution is -2.39. The molecule has 160 valence electrons. The first-order chi connectivity index (χ1) is 14.1. The maximum Gasteiger partial charge on any atom is 0.255 e. The second kappa shape index (κ2) is 12.6. The topological polar surface area (TPSA) is 109 Å². The molecule has 8 heteroatoms. The minimum Gasteiger partial charge on any atom is -0.484 e. The van der Waals surface area contributed by atoms with Crippen LogP contribution < -0.4 is 21.1 Å². The quantitative estimate of drug-likeness (QED) is 0.311. The third-order valence-electron chi connectivity index (χ3n) is 4.61. The summed E-state index contributed by atoms with van der Waals surface area (Å²) >= 11 is 0. The third-order valence-corrected chi connectivity index (χ3v) is 4.61. The van der Waals surface area contributed by atoms with Crippen molar-refractivity contribution in [3.05, 3.63) is 29.8 Å². The molecule has 0 radical (unpaired) electrons. The monoisotopic (exact) mass is 403 g/mol. The lowest BCUT2D eigenvalue weighted by molar-refractivity contribution is -0.130. The van der Waals surface area contributed by atoms with Crippen molar-refractivity contribution in [2.24, 2.45) is 10.7 Å². The summed E-state index contributed by atoms with van der Waals surface area (Å²) in [7, 11) is 0. The van der Waals surface area contributed by atoms with Gasteiger partial charge in [-0.3, -0.25) is 9.59 Å². The largest absolute Gasteiger partial charge is 0.484 e. The van der Waals surface area contributed by atoms with Gasteiger partial charge in [-0.15, -0.1) is 0 Å². The van der Waals surface area contributed by atoms with Crippen molar-refractivity contribution in [2.45, 2.75) is 45.6 Å². The zero-order valence-electron chi connectivity index (χ0n) is 17.3. The van der Waals surface area contributed by atoms with Crippen molar-refractivity contribution in [1.29, 1.82) is 0 Å². The molecule has 0 saturated carbocycles. The predicted molar refractivity (Wildman–Crippen MR) is 114 cm³/mol. The highest BCUT2D eigenvalue weighted by Gasteiger charge is 2.15. The van der Waals surface area contributed by atoms with Gasteiger partial charge in [0.1, 0.15) is 5.75 Å². The van der Waals surface area contributed by atoms with Gasteiger partial charge in [-0.05, 0) is 43.9 Å². The van der Waals surface area contributed by atoms with E-state index in [0.29, 0.717) is 18.7 Å². The van der Waals surface area contributed by atoms with Crippen LogP contribution in [0, 0.1) is 0 Å². The van der Waals surface area contributed by atoms with E-state index in [9.17, 15) is 9.59 Å². The van der Waals surface area contributed by atoms with Crippen LogP contribution in [0.4, 0.5) is 0 Å². The molecule has 0 aliphatic carbocycles. The number of nitrogens with one attached hydrogen (secondary N) is 2. The Hall–Kier alpha value is -2.77. The summed E-state index contributed by atoms with van der Waals surface area (Å²) in [5, 5.41) is 6.55. The summed E-state index contributed by atoms with van der Waals surface area (Å²) in [5.74, 6) is 1.10. The fourth-order valence-electron chi connectivity index (χ4n) is 3.15. The Balaban J connectivity index is 1.80. The molecule has 1 fully saturated rings. The Morgan fingerprint density at radius 1 is 1.28 bits per heavy atom. The van der Waals surface area contributed by atoms with Crippen LogP contribution in [0.25, 0.3) is 0 Å². The Morgan fingerprint density at radius 2 is 2.14 bits per heavy atom. The Labute approximate surface area is 172 Å². The van der Waals surface area contributed by atoms with Crippen LogP contribution in [0.2, 0.25) is 0 Å². The maximum atomic E-state index is 12.0. The van der Waals surface area contributed by atoms with Crippen LogP contribution in [0.1, 0.15) is 44.6 Å². The summed E-state index contributed by atoms with van der Waals surface area (Å²) in [6.07, 6.45) is 4.82. The van der Waals surface area contributed by atoms with E-state index in [1.165, 1.54) is 0 Å². The van der Waals surface area contributed by atoms with Crippen molar-refractivity contribution < 1.29 is 14.3 Å². The zero-order valence-corrected chi connectivity index (χ0v) is 17.3. The van der Waals surface area contributed by atoms with Crippen LogP contribution in [0.15, 0.2) is 29.3 Å². The van der Waals surface area contributed by atoms with E-state index >= 15 is 0 Å². The van der Waals surface area contributed by atoms with Gasteiger partial charge in [0.2, 0.25) is 5.91 Å². The van der Waals surface area contributed by atoms with Gasteiger partial charge in [-0.2, -0.15) is 0 Å². The number of ether oxygens (including phenoxy) is 1. The molecule has 1 aromatic carbocycles. The van der Waals surface area contributed by atoms with E-state index in [-0.39, 0.29) is 12.5 Å². The van der Waals surface area contributed by atoms with Crippen LogP contribution >= 0.6 is 0 Å². The molecule has 0 aromatic heterocycles. The minimum absolute atomic E-state index is 0.142. The molecule has 0 atom stereocenters. The molecular weight excluding hydrogens is 370 g/mol. The first-order valence-corrected chi connectivity index (χ1v) is 10.4.